The van der Waals surface area contributed by atoms with Gasteiger partial charge in [0, 0.05) is 4.47 Å². The van der Waals surface area contributed by atoms with Crippen molar-refractivity contribution in [3.8, 4) is 5.75 Å². The van der Waals surface area contributed by atoms with Crippen molar-refractivity contribution >= 4 is 43.5 Å². The van der Waals surface area contributed by atoms with Crippen molar-refractivity contribution in [3.05, 3.63) is 61.5 Å². The number of halogens is 6. The third kappa shape index (κ3) is 3.93. The Morgan fingerprint density at radius 2 is 1.67 bits per heavy atom. The van der Waals surface area contributed by atoms with Gasteiger partial charge in [-0.25, -0.2) is 0 Å². The first-order valence-electron chi connectivity index (χ1n) is 5.72. The lowest BCUT2D eigenvalue weighted by Crippen LogP contribution is -2.09. The Kier molecular flexibility index (Phi) is 5.22. The van der Waals surface area contributed by atoms with E-state index in [1.807, 2.05) is 30.3 Å². The minimum absolute atomic E-state index is 0.0314. The molecule has 1 nitrogen and oxygen atoms in total. The van der Waals surface area contributed by atoms with Gasteiger partial charge in [-0.2, -0.15) is 13.2 Å². The molecule has 0 heterocycles. The van der Waals surface area contributed by atoms with E-state index >= 15 is 0 Å². The molecule has 0 aromatic heterocycles. The molecule has 0 unspecified atom stereocenters. The fourth-order valence-electron chi connectivity index (χ4n) is 1.69. The van der Waals surface area contributed by atoms with E-state index in [1.54, 1.807) is 0 Å². The topological polar surface area (TPSA) is 9.23 Å². The van der Waals surface area contributed by atoms with Gasteiger partial charge in [-0.3, -0.25) is 0 Å². The van der Waals surface area contributed by atoms with Crippen molar-refractivity contribution in [1.29, 1.82) is 0 Å². The zero-order valence-corrected chi connectivity index (χ0v) is 14.3. The SMILES string of the molecule is FC(F)(F)c1c(Br)cc(Br)c(OCc2ccccc2)c1Cl. The highest BCUT2D eigenvalue weighted by molar-refractivity contribution is 9.11. The first-order chi connectivity index (χ1) is 9.80. The smallest absolute Gasteiger partial charge is 0.419 e. The zero-order chi connectivity index (χ0) is 15.6. The van der Waals surface area contributed by atoms with Crippen molar-refractivity contribution in [2.24, 2.45) is 0 Å². The minimum Gasteiger partial charge on any atom is -0.486 e. The Morgan fingerprint density at radius 3 is 2.24 bits per heavy atom. The summed E-state index contributed by atoms with van der Waals surface area (Å²) in [4.78, 5) is 0. The summed E-state index contributed by atoms with van der Waals surface area (Å²) in [6.07, 6.45) is -4.57. The second-order valence-electron chi connectivity index (χ2n) is 4.13. The molecule has 0 spiro atoms. The van der Waals surface area contributed by atoms with Crippen LogP contribution in [0, 0.1) is 0 Å². The normalized spacial score (nSPS) is 11.5. The summed E-state index contributed by atoms with van der Waals surface area (Å²) in [6.45, 7) is 0.123. The molecule has 0 saturated heterocycles. The van der Waals surface area contributed by atoms with Crippen LogP contribution in [0.1, 0.15) is 11.1 Å². The molecular weight excluding hydrogens is 436 g/mol. The Bertz CT molecular complexity index is 645. The second-order valence-corrected chi connectivity index (χ2v) is 6.22. The van der Waals surface area contributed by atoms with Crippen molar-refractivity contribution in [2.75, 3.05) is 0 Å². The van der Waals surface area contributed by atoms with Crippen LogP contribution in [0.25, 0.3) is 0 Å². The van der Waals surface area contributed by atoms with Gasteiger partial charge < -0.3 is 4.74 Å². The van der Waals surface area contributed by atoms with Crippen LogP contribution in [-0.4, -0.2) is 0 Å². The highest BCUT2D eigenvalue weighted by Gasteiger charge is 2.37. The van der Waals surface area contributed by atoms with Crippen LogP contribution < -0.4 is 4.74 Å². The molecule has 21 heavy (non-hydrogen) atoms. The molecule has 7 heteroatoms. The summed E-state index contributed by atoms with van der Waals surface area (Å²) in [5, 5.41) is -0.473. The van der Waals surface area contributed by atoms with E-state index in [-0.39, 0.29) is 16.8 Å². The van der Waals surface area contributed by atoms with E-state index in [4.69, 9.17) is 16.3 Å². The summed E-state index contributed by atoms with van der Waals surface area (Å²) in [7, 11) is 0. The maximum absolute atomic E-state index is 13.0. The van der Waals surface area contributed by atoms with Crippen LogP contribution in [0.3, 0.4) is 0 Å². The first kappa shape index (κ1) is 16.6. The van der Waals surface area contributed by atoms with E-state index in [0.29, 0.717) is 4.47 Å². The first-order valence-corrected chi connectivity index (χ1v) is 7.68. The van der Waals surface area contributed by atoms with E-state index in [1.165, 1.54) is 6.07 Å². The van der Waals surface area contributed by atoms with Gasteiger partial charge in [0.25, 0.3) is 0 Å². The van der Waals surface area contributed by atoms with Crippen LogP contribution in [0.2, 0.25) is 5.02 Å². The summed E-state index contributed by atoms with van der Waals surface area (Å²) in [6, 6.07) is 10.4. The third-order valence-electron chi connectivity index (χ3n) is 2.64. The predicted octanol–water partition coefficient (Wildman–Crippen LogP) is 6.46. The number of rotatable bonds is 3. The van der Waals surface area contributed by atoms with Gasteiger partial charge in [-0.1, -0.05) is 57.9 Å². The van der Waals surface area contributed by atoms with Gasteiger partial charge in [-0.15, -0.1) is 0 Å². The molecule has 2 aromatic carbocycles. The molecule has 0 amide bonds. The molecule has 2 rings (SSSR count). The number of hydrogen-bond donors (Lipinski definition) is 0. The summed E-state index contributed by atoms with van der Waals surface area (Å²) in [5.41, 5.74) is -0.118. The average Bonchev–Trinajstić information content (AvgIpc) is 2.37. The van der Waals surface area contributed by atoms with Crippen LogP contribution in [-0.2, 0) is 12.8 Å². The fraction of sp³-hybridized carbons (Fsp3) is 0.143. The van der Waals surface area contributed by atoms with Crippen LogP contribution >= 0.6 is 43.5 Å². The Morgan fingerprint density at radius 1 is 1.05 bits per heavy atom. The van der Waals surface area contributed by atoms with E-state index in [2.05, 4.69) is 31.9 Å². The van der Waals surface area contributed by atoms with E-state index in [0.717, 1.165) is 5.56 Å². The van der Waals surface area contributed by atoms with Gasteiger partial charge in [0.1, 0.15) is 6.61 Å². The molecule has 0 aliphatic heterocycles. The van der Waals surface area contributed by atoms with Gasteiger partial charge in [0.15, 0.2) is 5.75 Å². The lowest BCUT2D eigenvalue weighted by molar-refractivity contribution is -0.138. The average molecular weight is 444 g/mol. The molecule has 0 radical (unpaired) electrons. The van der Waals surface area contributed by atoms with Gasteiger partial charge in [-0.05, 0) is 27.6 Å². The highest BCUT2D eigenvalue weighted by atomic mass is 79.9. The molecule has 112 valence electrons. The van der Waals surface area contributed by atoms with Crippen molar-refractivity contribution in [3.63, 3.8) is 0 Å². The fourth-order valence-corrected chi connectivity index (χ4v) is 3.79. The van der Waals surface area contributed by atoms with Crippen LogP contribution in [0.5, 0.6) is 5.75 Å². The van der Waals surface area contributed by atoms with Crippen molar-refractivity contribution in [2.45, 2.75) is 12.8 Å². The molecular formula is C14H8Br2ClF3O. The highest BCUT2D eigenvalue weighted by Crippen LogP contribution is 2.47. The predicted molar refractivity (Wildman–Crippen MR) is 82.6 cm³/mol. The Balaban J connectivity index is 2.36. The minimum atomic E-state index is -4.57. The van der Waals surface area contributed by atoms with Crippen molar-refractivity contribution in [1.82, 2.24) is 0 Å². The lowest BCUT2D eigenvalue weighted by atomic mass is 10.2. The Hall–Kier alpha value is -0.720. The van der Waals surface area contributed by atoms with E-state index < -0.39 is 16.8 Å². The summed E-state index contributed by atoms with van der Waals surface area (Å²) in [5.74, 6) is -0.0314. The standard InChI is InChI=1S/C14H8Br2ClF3O/c15-9-6-10(16)13(12(17)11(9)14(18,19)20)21-7-8-4-2-1-3-5-8/h1-6H,7H2. The number of hydrogen-bond acceptors (Lipinski definition) is 1. The maximum atomic E-state index is 13.0. The number of alkyl halides is 3. The van der Waals surface area contributed by atoms with Crippen LogP contribution in [0.15, 0.2) is 45.3 Å². The van der Waals surface area contributed by atoms with Gasteiger partial charge in [0.2, 0.25) is 0 Å². The maximum Gasteiger partial charge on any atom is 0.419 e. The quantitative estimate of drug-likeness (QED) is 0.528. The zero-order valence-electron chi connectivity index (χ0n) is 10.3. The number of ether oxygens (including phenoxy) is 1. The summed E-state index contributed by atoms with van der Waals surface area (Å²) < 4.78 is 44.7. The second kappa shape index (κ2) is 6.58. The molecule has 2 aromatic rings. The van der Waals surface area contributed by atoms with Gasteiger partial charge in [0.05, 0.1) is 15.1 Å². The third-order valence-corrected chi connectivity index (χ3v) is 4.21. The van der Waals surface area contributed by atoms with Crippen LogP contribution in [0.4, 0.5) is 13.2 Å². The van der Waals surface area contributed by atoms with Crippen molar-refractivity contribution < 1.29 is 17.9 Å². The molecule has 0 atom stereocenters. The van der Waals surface area contributed by atoms with Gasteiger partial charge >= 0.3 is 6.18 Å². The molecule has 0 aliphatic rings. The monoisotopic (exact) mass is 442 g/mol. The lowest BCUT2D eigenvalue weighted by Gasteiger charge is -2.16. The summed E-state index contributed by atoms with van der Waals surface area (Å²) >= 11 is 11.9. The molecule has 0 N–H and O–H groups in total. The molecule has 0 bridgehead atoms. The number of benzene rings is 2. The van der Waals surface area contributed by atoms with E-state index in [9.17, 15) is 13.2 Å². The molecule has 0 aliphatic carbocycles. The molecule has 0 fully saturated rings. The largest absolute Gasteiger partial charge is 0.486 e. The Labute approximate surface area is 141 Å². The molecule has 0 saturated carbocycles.